The average Bonchev–Trinajstić information content (AvgIpc) is 3.74. The van der Waals surface area contributed by atoms with E-state index in [1.54, 1.807) is 0 Å². The Balaban J connectivity index is 1.45. The van der Waals surface area contributed by atoms with E-state index in [0.29, 0.717) is 0 Å². The maximum Gasteiger partial charge on any atom is 0.255 e. The second-order valence-corrected chi connectivity index (χ2v) is 13.5. The summed E-state index contributed by atoms with van der Waals surface area (Å²) in [6, 6.07) is 41.0. The van der Waals surface area contributed by atoms with E-state index >= 15 is 0 Å². The predicted molar refractivity (Wildman–Crippen MR) is 180 cm³/mol. The minimum Gasteiger partial charge on any atom is -0.295 e. The van der Waals surface area contributed by atoms with Crippen LogP contribution in [-0.2, 0) is 5.41 Å². The third-order valence-corrected chi connectivity index (χ3v) is 10.3. The Hall–Kier alpha value is -5.16. The summed E-state index contributed by atoms with van der Waals surface area (Å²) in [7, 11) is 0. The van der Waals surface area contributed by atoms with Gasteiger partial charge in [0.25, 0.3) is 6.71 Å². The van der Waals surface area contributed by atoms with Crippen LogP contribution in [0.15, 0.2) is 109 Å². The van der Waals surface area contributed by atoms with Gasteiger partial charge in [0.15, 0.2) is 0 Å². The highest BCUT2D eigenvalue weighted by Gasteiger charge is 2.43. The van der Waals surface area contributed by atoms with Gasteiger partial charge in [0.05, 0.1) is 33.1 Å². The van der Waals surface area contributed by atoms with Crippen molar-refractivity contribution in [2.24, 2.45) is 0 Å². The predicted octanol–water partition coefficient (Wildman–Crippen LogP) is 6.83. The van der Waals surface area contributed by atoms with Crippen molar-refractivity contribution >= 4 is 78.3 Å². The fourth-order valence-electron chi connectivity index (χ4n) is 8.50. The second kappa shape index (κ2) is 7.07. The van der Waals surface area contributed by atoms with Crippen LogP contribution in [0.1, 0.15) is 26.3 Å². The number of hydrogen-bond acceptors (Lipinski definition) is 0. The lowest BCUT2D eigenvalue weighted by molar-refractivity contribution is 0.589. The molecular weight excluding hydrogens is 523 g/mol. The summed E-state index contributed by atoms with van der Waals surface area (Å²) in [5.41, 5.74) is 18.3. The van der Waals surface area contributed by atoms with Gasteiger partial charge in [-0.05, 0) is 81.3 Å². The van der Waals surface area contributed by atoms with Crippen molar-refractivity contribution in [2.75, 3.05) is 0 Å². The molecule has 2 aliphatic heterocycles. The smallest absolute Gasteiger partial charge is 0.255 e. The molecule has 4 nitrogen and oxygen atoms in total. The molecule has 0 amide bonds. The van der Waals surface area contributed by atoms with E-state index in [0.717, 1.165) is 0 Å². The van der Waals surface area contributed by atoms with Crippen LogP contribution in [0.4, 0.5) is 0 Å². The second-order valence-electron chi connectivity index (χ2n) is 13.5. The Morgan fingerprint density at radius 3 is 2.05 bits per heavy atom. The number of hydrogen-bond donors (Lipinski definition) is 0. The van der Waals surface area contributed by atoms with Crippen LogP contribution in [0, 0.1) is 0 Å². The molecule has 0 atom stereocenters. The zero-order valence-electron chi connectivity index (χ0n) is 24.3. The molecule has 11 rings (SSSR count). The van der Waals surface area contributed by atoms with Gasteiger partial charge in [-0.1, -0.05) is 81.4 Å². The Bertz CT molecular complexity index is 2720. The third-order valence-electron chi connectivity index (χ3n) is 10.3. The molecule has 0 spiro atoms. The number of rotatable bonds is 0. The molecule has 0 fully saturated rings. The van der Waals surface area contributed by atoms with Crippen molar-refractivity contribution in [1.82, 2.24) is 17.9 Å². The molecule has 0 bridgehead atoms. The first-order chi connectivity index (χ1) is 21.0. The van der Waals surface area contributed by atoms with Crippen LogP contribution in [-0.4, -0.2) is 24.6 Å². The van der Waals surface area contributed by atoms with E-state index in [1.807, 2.05) is 0 Å². The average molecular weight is 550 g/mol. The lowest BCUT2D eigenvalue weighted by atomic mass is 9.34. The molecule has 0 N–H and O–H groups in total. The molecule has 5 heteroatoms. The Labute approximate surface area is 248 Å². The van der Waals surface area contributed by atoms with Crippen molar-refractivity contribution in [3.63, 3.8) is 0 Å². The van der Waals surface area contributed by atoms with Gasteiger partial charge < -0.3 is 0 Å². The summed E-state index contributed by atoms with van der Waals surface area (Å²) in [6.45, 7) is 7.15. The lowest BCUT2D eigenvalue weighted by Gasteiger charge is -2.34. The lowest BCUT2D eigenvalue weighted by Crippen LogP contribution is -2.59. The van der Waals surface area contributed by atoms with Crippen molar-refractivity contribution in [1.29, 1.82) is 0 Å². The molecule has 0 saturated carbocycles. The highest BCUT2D eigenvalue weighted by atomic mass is 15.2. The third kappa shape index (κ3) is 2.42. The summed E-state index contributed by atoms with van der Waals surface area (Å²) in [5.74, 6) is 0. The SMILES string of the molecule is CC(C)(C)c1cc2c3c(c1)-n1c4ccccc4n4c5ccccc5c(c14)B3c1cccc3c1n-2c1cc2ccccc2n31. The number of aromatic nitrogens is 4. The van der Waals surface area contributed by atoms with Gasteiger partial charge in [-0.3, -0.25) is 17.9 Å². The first-order valence-corrected chi connectivity index (χ1v) is 15.3. The van der Waals surface area contributed by atoms with E-state index in [4.69, 9.17) is 0 Å². The van der Waals surface area contributed by atoms with Crippen LogP contribution in [0.3, 0.4) is 0 Å². The molecule has 9 aromatic rings. The monoisotopic (exact) mass is 550 g/mol. The summed E-state index contributed by atoms with van der Waals surface area (Å²) >= 11 is 0. The molecule has 0 unspecified atom stereocenters. The molecule has 0 saturated heterocycles. The zero-order valence-corrected chi connectivity index (χ0v) is 24.3. The van der Waals surface area contributed by atoms with Crippen LogP contribution >= 0.6 is 0 Å². The first kappa shape index (κ1) is 22.4. The van der Waals surface area contributed by atoms with Gasteiger partial charge in [0, 0.05) is 16.8 Å². The molecule has 2 aliphatic rings. The van der Waals surface area contributed by atoms with Crippen LogP contribution < -0.4 is 16.4 Å². The maximum atomic E-state index is 2.57. The topological polar surface area (TPSA) is 18.7 Å². The fourth-order valence-corrected chi connectivity index (χ4v) is 8.50. The van der Waals surface area contributed by atoms with E-state index in [-0.39, 0.29) is 12.1 Å². The first-order valence-electron chi connectivity index (χ1n) is 15.3. The van der Waals surface area contributed by atoms with Crippen molar-refractivity contribution < 1.29 is 0 Å². The van der Waals surface area contributed by atoms with Gasteiger partial charge in [-0.15, -0.1) is 0 Å². The number of fused-ring (bicyclic) bond motifs is 15. The van der Waals surface area contributed by atoms with E-state index < -0.39 is 0 Å². The minimum atomic E-state index is -0.0144. The Kier molecular flexibility index (Phi) is 3.69. The standard InChI is InChI=1S/C38H27BN4/c1-38(2,3)23-20-31-35-32(21-23)43-33-19-22-11-4-6-14-26(22)40(33)30-18-10-13-25(36(30)43)39(35)34-24-12-5-7-15-27(24)41-28-16-8-9-17-29(28)42(31)37(34)41/h4-21H,1-3H3. The summed E-state index contributed by atoms with van der Waals surface area (Å²) in [5, 5.41) is 2.61. The van der Waals surface area contributed by atoms with Gasteiger partial charge in [-0.2, -0.15) is 0 Å². The van der Waals surface area contributed by atoms with Gasteiger partial charge in [0.2, 0.25) is 0 Å². The molecule has 0 aliphatic carbocycles. The highest BCUT2D eigenvalue weighted by molar-refractivity contribution is 7.01. The highest BCUT2D eigenvalue weighted by Crippen LogP contribution is 2.40. The van der Waals surface area contributed by atoms with Crippen molar-refractivity contribution in [3.8, 4) is 11.4 Å². The van der Waals surface area contributed by atoms with E-state index in [2.05, 4.69) is 148 Å². The number of para-hydroxylation sites is 5. The Morgan fingerprint density at radius 1 is 0.558 bits per heavy atom. The number of imidazole rings is 2. The number of benzene rings is 5. The van der Waals surface area contributed by atoms with Crippen molar-refractivity contribution in [3.05, 3.63) is 115 Å². The van der Waals surface area contributed by atoms with Crippen LogP contribution in [0.5, 0.6) is 0 Å². The summed E-state index contributed by atoms with van der Waals surface area (Å²) in [4.78, 5) is 0. The minimum absolute atomic E-state index is 0.0144. The van der Waals surface area contributed by atoms with Crippen LogP contribution in [0.2, 0.25) is 0 Å². The molecule has 202 valence electrons. The maximum absolute atomic E-state index is 2.57. The van der Waals surface area contributed by atoms with Gasteiger partial charge >= 0.3 is 0 Å². The number of nitrogens with zero attached hydrogens (tertiary/aromatic N) is 4. The molecule has 4 aromatic heterocycles. The van der Waals surface area contributed by atoms with Crippen LogP contribution in [0.25, 0.3) is 66.5 Å². The van der Waals surface area contributed by atoms with Gasteiger partial charge in [-0.25, -0.2) is 0 Å². The quantitative estimate of drug-likeness (QED) is 0.185. The molecular formula is C38H27BN4. The van der Waals surface area contributed by atoms with Gasteiger partial charge in [0.1, 0.15) is 11.3 Å². The van der Waals surface area contributed by atoms with Crippen molar-refractivity contribution in [2.45, 2.75) is 26.2 Å². The largest absolute Gasteiger partial charge is 0.295 e. The van der Waals surface area contributed by atoms with E-state index in [1.165, 1.54) is 88.5 Å². The summed E-state index contributed by atoms with van der Waals surface area (Å²) in [6.07, 6.45) is 0. The molecule has 43 heavy (non-hydrogen) atoms. The fraction of sp³-hybridized carbons (Fsp3) is 0.105. The molecule has 0 radical (unpaired) electrons. The Morgan fingerprint density at radius 2 is 1.23 bits per heavy atom. The normalized spacial score (nSPS) is 13.9. The summed E-state index contributed by atoms with van der Waals surface area (Å²) < 4.78 is 10.1. The molecule has 5 aromatic carbocycles. The van der Waals surface area contributed by atoms with E-state index in [9.17, 15) is 0 Å². The molecule has 6 heterocycles. The zero-order chi connectivity index (χ0) is 28.4.